The number of aryl methyl sites for hydroxylation is 1. The number of nitro benzene ring substituents is 1. The van der Waals surface area contributed by atoms with Crippen molar-refractivity contribution in [1.29, 1.82) is 0 Å². The largest absolute Gasteiger partial charge is 0.310 e. The van der Waals surface area contributed by atoms with Crippen LogP contribution in [0.25, 0.3) is 0 Å². The summed E-state index contributed by atoms with van der Waals surface area (Å²) in [4.78, 5) is 10.2. The van der Waals surface area contributed by atoms with E-state index >= 15 is 0 Å². The van der Waals surface area contributed by atoms with Gasteiger partial charge in [-0.15, -0.1) is 0 Å². The average molecular weight is 284 g/mol. The summed E-state index contributed by atoms with van der Waals surface area (Å²) in [5, 5.41) is 14.1. The van der Waals surface area contributed by atoms with Crippen LogP contribution >= 0.6 is 0 Å². The molecule has 0 fully saturated rings. The van der Waals surface area contributed by atoms with Gasteiger partial charge in [0.1, 0.15) is 0 Å². The fourth-order valence-electron chi connectivity index (χ4n) is 2.40. The molecule has 110 valence electrons. The van der Waals surface area contributed by atoms with Crippen LogP contribution in [-0.2, 0) is 6.42 Å². The van der Waals surface area contributed by atoms with E-state index in [1.165, 1.54) is 11.1 Å². The number of nitro groups is 1. The summed E-state index contributed by atoms with van der Waals surface area (Å²) in [7, 11) is 0. The van der Waals surface area contributed by atoms with Gasteiger partial charge in [0.25, 0.3) is 5.69 Å². The molecule has 0 bridgehead atoms. The minimum Gasteiger partial charge on any atom is -0.310 e. The van der Waals surface area contributed by atoms with E-state index in [1.54, 1.807) is 12.1 Å². The zero-order valence-electron chi connectivity index (χ0n) is 12.4. The first-order chi connectivity index (χ1) is 10.1. The first-order valence-electron chi connectivity index (χ1n) is 7.10. The van der Waals surface area contributed by atoms with Gasteiger partial charge in [-0.3, -0.25) is 10.1 Å². The van der Waals surface area contributed by atoms with Gasteiger partial charge in [-0.2, -0.15) is 0 Å². The molecule has 0 saturated carbocycles. The molecule has 2 aromatic carbocycles. The Labute approximate surface area is 125 Å². The molecule has 1 unspecified atom stereocenters. The van der Waals surface area contributed by atoms with E-state index < -0.39 is 0 Å². The number of nitrogens with one attached hydrogen (secondary N) is 1. The Morgan fingerprint density at radius 1 is 1.14 bits per heavy atom. The van der Waals surface area contributed by atoms with Crippen molar-refractivity contribution in [2.45, 2.75) is 26.3 Å². The quantitative estimate of drug-likeness (QED) is 0.648. The van der Waals surface area contributed by atoms with Crippen molar-refractivity contribution in [2.24, 2.45) is 0 Å². The number of non-ortho nitro benzene ring substituents is 1. The summed E-state index contributed by atoms with van der Waals surface area (Å²) in [6.45, 7) is 5.11. The molecule has 2 aromatic rings. The third kappa shape index (κ3) is 4.13. The van der Waals surface area contributed by atoms with Gasteiger partial charge in [0.15, 0.2) is 0 Å². The summed E-state index contributed by atoms with van der Waals surface area (Å²) in [5.74, 6) is 0. The van der Waals surface area contributed by atoms with Crippen LogP contribution in [0.5, 0.6) is 0 Å². The average Bonchev–Trinajstić information content (AvgIpc) is 2.48. The van der Waals surface area contributed by atoms with Gasteiger partial charge in [0.05, 0.1) is 4.92 Å². The second kappa shape index (κ2) is 6.99. The highest BCUT2D eigenvalue weighted by Crippen LogP contribution is 2.17. The summed E-state index contributed by atoms with van der Waals surface area (Å²) in [5.41, 5.74) is 3.83. The van der Waals surface area contributed by atoms with E-state index in [4.69, 9.17) is 0 Å². The van der Waals surface area contributed by atoms with Gasteiger partial charge in [0.2, 0.25) is 0 Å². The normalized spacial score (nSPS) is 12.1. The maximum absolute atomic E-state index is 10.6. The number of hydrogen-bond acceptors (Lipinski definition) is 3. The maximum Gasteiger partial charge on any atom is 0.269 e. The minimum absolute atomic E-state index is 0.139. The third-order valence-corrected chi connectivity index (χ3v) is 3.67. The summed E-state index contributed by atoms with van der Waals surface area (Å²) < 4.78 is 0. The molecule has 2 rings (SSSR count). The molecule has 0 amide bonds. The van der Waals surface area contributed by atoms with Crippen molar-refractivity contribution in [3.05, 3.63) is 75.3 Å². The molecule has 1 N–H and O–H groups in total. The summed E-state index contributed by atoms with van der Waals surface area (Å²) in [6.07, 6.45) is 0.855. The standard InChI is InChI=1S/C17H20N2O2/c1-13-5-3-4-6-17(13)14(2)18-12-11-15-7-9-16(10-8-15)19(20)21/h3-10,14,18H,11-12H2,1-2H3. The topological polar surface area (TPSA) is 55.2 Å². The lowest BCUT2D eigenvalue weighted by Gasteiger charge is -2.16. The van der Waals surface area contributed by atoms with Gasteiger partial charge in [0, 0.05) is 18.2 Å². The van der Waals surface area contributed by atoms with Crippen molar-refractivity contribution >= 4 is 5.69 Å². The van der Waals surface area contributed by atoms with Crippen LogP contribution in [0, 0.1) is 17.0 Å². The highest BCUT2D eigenvalue weighted by atomic mass is 16.6. The van der Waals surface area contributed by atoms with Crippen LogP contribution in [0.4, 0.5) is 5.69 Å². The Hall–Kier alpha value is -2.20. The molecular formula is C17H20N2O2. The van der Waals surface area contributed by atoms with E-state index in [2.05, 4.69) is 37.4 Å². The number of rotatable bonds is 6. The number of nitrogens with zero attached hydrogens (tertiary/aromatic N) is 1. The van der Waals surface area contributed by atoms with Gasteiger partial charge in [-0.1, -0.05) is 36.4 Å². The minimum atomic E-state index is -0.373. The molecule has 0 aliphatic carbocycles. The molecule has 1 atom stereocenters. The van der Waals surface area contributed by atoms with E-state index in [0.717, 1.165) is 18.5 Å². The van der Waals surface area contributed by atoms with E-state index in [1.807, 2.05) is 18.2 Å². The number of hydrogen-bond donors (Lipinski definition) is 1. The molecule has 21 heavy (non-hydrogen) atoms. The molecule has 4 nitrogen and oxygen atoms in total. The lowest BCUT2D eigenvalue weighted by atomic mass is 10.0. The van der Waals surface area contributed by atoms with Crippen LogP contribution in [0.2, 0.25) is 0 Å². The van der Waals surface area contributed by atoms with E-state index in [0.29, 0.717) is 6.04 Å². The van der Waals surface area contributed by atoms with Crippen molar-refractivity contribution in [1.82, 2.24) is 5.32 Å². The van der Waals surface area contributed by atoms with Crippen LogP contribution in [0.1, 0.15) is 29.7 Å². The molecule has 0 heterocycles. The Kier molecular flexibility index (Phi) is 5.06. The van der Waals surface area contributed by atoms with Gasteiger partial charge in [-0.05, 0) is 43.5 Å². The fourth-order valence-corrected chi connectivity index (χ4v) is 2.40. The van der Waals surface area contributed by atoms with Crippen LogP contribution in [0.3, 0.4) is 0 Å². The molecule has 0 aliphatic rings. The molecule has 0 radical (unpaired) electrons. The lowest BCUT2D eigenvalue weighted by molar-refractivity contribution is -0.384. The Balaban J connectivity index is 1.86. The zero-order valence-corrected chi connectivity index (χ0v) is 12.4. The monoisotopic (exact) mass is 284 g/mol. The second-order valence-corrected chi connectivity index (χ2v) is 5.21. The SMILES string of the molecule is Cc1ccccc1C(C)NCCc1ccc([N+](=O)[O-])cc1. The van der Waals surface area contributed by atoms with Crippen LogP contribution in [0.15, 0.2) is 48.5 Å². The van der Waals surface area contributed by atoms with Crippen molar-refractivity contribution < 1.29 is 4.92 Å². The molecule has 0 aromatic heterocycles. The Morgan fingerprint density at radius 3 is 2.43 bits per heavy atom. The second-order valence-electron chi connectivity index (χ2n) is 5.21. The number of benzene rings is 2. The molecule has 4 heteroatoms. The van der Waals surface area contributed by atoms with Gasteiger partial charge < -0.3 is 5.32 Å². The summed E-state index contributed by atoms with van der Waals surface area (Å²) in [6, 6.07) is 15.4. The molecule has 0 saturated heterocycles. The summed E-state index contributed by atoms with van der Waals surface area (Å²) >= 11 is 0. The van der Waals surface area contributed by atoms with Crippen LogP contribution < -0.4 is 5.32 Å². The predicted octanol–water partition coefficient (Wildman–Crippen LogP) is 3.80. The molecule has 0 spiro atoms. The van der Waals surface area contributed by atoms with Crippen molar-refractivity contribution in [3.63, 3.8) is 0 Å². The molecular weight excluding hydrogens is 264 g/mol. The van der Waals surface area contributed by atoms with Gasteiger partial charge >= 0.3 is 0 Å². The smallest absolute Gasteiger partial charge is 0.269 e. The first kappa shape index (κ1) is 15.2. The highest BCUT2D eigenvalue weighted by molar-refractivity contribution is 5.33. The predicted molar refractivity (Wildman–Crippen MR) is 84.4 cm³/mol. The Morgan fingerprint density at radius 2 is 1.81 bits per heavy atom. The fraction of sp³-hybridized carbons (Fsp3) is 0.294. The maximum atomic E-state index is 10.6. The Bertz CT molecular complexity index is 608. The van der Waals surface area contributed by atoms with Crippen molar-refractivity contribution in [3.8, 4) is 0 Å². The zero-order chi connectivity index (χ0) is 15.2. The van der Waals surface area contributed by atoms with E-state index in [-0.39, 0.29) is 10.6 Å². The van der Waals surface area contributed by atoms with Gasteiger partial charge in [-0.25, -0.2) is 0 Å². The first-order valence-corrected chi connectivity index (χ1v) is 7.10. The molecule has 0 aliphatic heterocycles. The highest BCUT2D eigenvalue weighted by Gasteiger charge is 2.07. The van der Waals surface area contributed by atoms with Crippen molar-refractivity contribution in [2.75, 3.05) is 6.54 Å². The third-order valence-electron chi connectivity index (χ3n) is 3.67. The van der Waals surface area contributed by atoms with Crippen LogP contribution in [-0.4, -0.2) is 11.5 Å². The van der Waals surface area contributed by atoms with E-state index in [9.17, 15) is 10.1 Å². The lowest BCUT2D eigenvalue weighted by Crippen LogP contribution is -2.22.